The molecule has 0 saturated carbocycles. The van der Waals surface area contributed by atoms with Crippen LogP contribution in [-0.4, -0.2) is 23.3 Å². The van der Waals surface area contributed by atoms with Crippen molar-refractivity contribution in [1.82, 2.24) is 15.6 Å². The molecule has 0 aliphatic rings. The Morgan fingerprint density at radius 3 is 2.33 bits per heavy atom. The lowest BCUT2D eigenvalue weighted by Crippen LogP contribution is -2.32. The Morgan fingerprint density at radius 1 is 1.11 bits per heavy atom. The molecule has 6 heteroatoms. The zero-order valence-corrected chi connectivity index (χ0v) is 16.9. The van der Waals surface area contributed by atoms with E-state index in [1.807, 2.05) is 31.2 Å². The molecule has 0 bridgehead atoms. The molecule has 2 aromatic rings. The van der Waals surface area contributed by atoms with E-state index in [0.29, 0.717) is 10.6 Å². The monoisotopic (exact) mass is 387 g/mol. The van der Waals surface area contributed by atoms with Crippen molar-refractivity contribution in [1.29, 1.82) is 0 Å². The molecule has 0 fully saturated rings. The number of benzene rings is 1. The molecule has 2 N–H and O–H groups in total. The molecule has 27 heavy (non-hydrogen) atoms. The molecule has 2 rings (SSSR count). The van der Waals surface area contributed by atoms with Crippen molar-refractivity contribution in [2.75, 3.05) is 6.54 Å². The van der Waals surface area contributed by atoms with E-state index >= 15 is 0 Å². The fraction of sp³-hybridized carbons (Fsp3) is 0.381. The van der Waals surface area contributed by atoms with E-state index in [-0.39, 0.29) is 36.2 Å². The second-order valence-electron chi connectivity index (χ2n) is 7.52. The van der Waals surface area contributed by atoms with Gasteiger partial charge in [0.15, 0.2) is 0 Å². The molecule has 1 atom stereocenters. The molecule has 0 unspecified atom stereocenters. The number of nitrogens with zero attached hydrogens (tertiary/aromatic N) is 1. The summed E-state index contributed by atoms with van der Waals surface area (Å²) in [4.78, 5) is 28.4. The zero-order valence-electron chi connectivity index (χ0n) is 16.2. The molecule has 0 radical (unpaired) electrons. The van der Waals surface area contributed by atoms with E-state index in [4.69, 9.17) is 11.6 Å². The van der Waals surface area contributed by atoms with Gasteiger partial charge in [0, 0.05) is 24.7 Å². The molecule has 1 aromatic heterocycles. The lowest BCUT2D eigenvalue weighted by molar-refractivity contribution is -0.121. The highest BCUT2D eigenvalue weighted by molar-refractivity contribution is 6.30. The third kappa shape index (κ3) is 6.36. The number of amides is 2. The van der Waals surface area contributed by atoms with Crippen LogP contribution >= 0.6 is 11.6 Å². The van der Waals surface area contributed by atoms with Crippen LogP contribution in [0.1, 0.15) is 61.8 Å². The van der Waals surface area contributed by atoms with Gasteiger partial charge >= 0.3 is 0 Å². The fourth-order valence-electron chi connectivity index (χ4n) is 2.54. The minimum atomic E-state index is -0.226. The summed E-state index contributed by atoms with van der Waals surface area (Å²) in [5.41, 5.74) is 2.53. The first-order chi connectivity index (χ1) is 12.7. The molecule has 0 spiro atoms. The number of carbonyl (C=O) groups is 2. The van der Waals surface area contributed by atoms with Crippen molar-refractivity contribution in [3.63, 3.8) is 0 Å². The fourth-order valence-corrected chi connectivity index (χ4v) is 2.66. The Kier molecular flexibility index (Phi) is 6.97. The Labute approximate surface area is 165 Å². The lowest BCUT2D eigenvalue weighted by Gasteiger charge is -2.19. The van der Waals surface area contributed by atoms with Gasteiger partial charge in [-0.15, -0.1) is 0 Å². The summed E-state index contributed by atoms with van der Waals surface area (Å²) < 4.78 is 0. The quantitative estimate of drug-likeness (QED) is 0.786. The molecular formula is C21H26ClN3O2. The highest BCUT2D eigenvalue weighted by Crippen LogP contribution is 2.22. The summed E-state index contributed by atoms with van der Waals surface area (Å²) in [6.45, 7) is 8.50. The van der Waals surface area contributed by atoms with Crippen molar-refractivity contribution < 1.29 is 9.59 Å². The van der Waals surface area contributed by atoms with Crippen LogP contribution in [0.15, 0.2) is 42.6 Å². The lowest BCUT2D eigenvalue weighted by atomic mass is 9.87. The Hall–Kier alpha value is -2.40. The summed E-state index contributed by atoms with van der Waals surface area (Å²) in [6, 6.07) is 10.8. The maximum atomic E-state index is 12.2. The highest BCUT2D eigenvalue weighted by Gasteiger charge is 2.15. The van der Waals surface area contributed by atoms with Crippen LogP contribution in [-0.2, 0) is 10.2 Å². The summed E-state index contributed by atoms with van der Waals surface area (Å²) in [5, 5.41) is 6.18. The summed E-state index contributed by atoms with van der Waals surface area (Å²) in [6.07, 6.45) is 1.74. The van der Waals surface area contributed by atoms with E-state index in [1.54, 1.807) is 18.3 Å². The molecule has 0 aliphatic heterocycles. The van der Waals surface area contributed by atoms with Gasteiger partial charge in [-0.05, 0) is 42.2 Å². The number of hydrogen-bond donors (Lipinski definition) is 2. The first-order valence-corrected chi connectivity index (χ1v) is 9.34. The maximum Gasteiger partial charge on any atom is 0.251 e. The van der Waals surface area contributed by atoms with Crippen LogP contribution in [0.5, 0.6) is 0 Å². The van der Waals surface area contributed by atoms with E-state index < -0.39 is 0 Å². The smallest absolute Gasteiger partial charge is 0.251 e. The number of rotatable bonds is 6. The Morgan fingerprint density at radius 2 is 1.78 bits per heavy atom. The molecular weight excluding hydrogens is 362 g/mol. The van der Waals surface area contributed by atoms with Crippen molar-refractivity contribution in [2.24, 2.45) is 0 Å². The third-order valence-electron chi connectivity index (χ3n) is 4.22. The van der Waals surface area contributed by atoms with Crippen molar-refractivity contribution in [2.45, 2.75) is 45.6 Å². The van der Waals surface area contributed by atoms with Crippen molar-refractivity contribution in [3.8, 4) is 0 Å². The van der Waals surface area contributed by atoms with Gasteiger partial charge in [-0.3, -0.25) is 14.6 Å². The minimum Gasteiger partial charge on any atom is -0.352 e. The zero-order chi connectivity index (χ0) is 20.0. The molecule has 0 aliphatic carbocycles. The molecule has 1 aromatic carbocycles. The normalized spacial score (nSPS) is 12.3. The van der Waals surface area contributed by atoms with Gasteiger partial charge in [-0.1, -0.05) is 44.5 Å². The third-order valence-corrected chi connectivity index (χ3v) is 4.45. The van der Waals surface area contributed by atoms with Crippen LogP contribution < -0.4 is 10.6 Å². The van der Waals surface area contributed by atoms with E-state index in [2.05, 4.69) is 36.4 Å². The first kappa shape index (κ1) is 20.9. The Balaban J connectivity index is 1.78. The van der Waals surface area contributed by atoms with Gasteiger partial charge in [0.25, 0.3) is 5.91 Å². The highest BCUT2D eigenvalue weighted by atomic mass is 35.5. The molecule has 5 nitrogen and oxygen atoms in total. The average molecular weight is 388 g/mol. The topological polar surface area (TPSA) is 71.1 Å². The van der Waals surface area contributed by atoms with E-state index in [9.17, 15) is 9.59 Å². The SMILES string of the molecule is C[C@@H](NC(=O)CCNC(=O)c1ccc(C(C)(C)C)cc1)c1ccc(Cl)cn1. The minimum absolute atomic E-state index is 0.0444. The number of aromatic nitrogens is 1. The summed E-state index contributed by atoms with van der Waals surface area (Å²) in [5.74, 6) is -0.335. The average Bonchev–Trinajstić information content (AvgIpc) is 2.61. The standard InChI is InChI=1S/C21H26ClN3O2/c1-14(18-10-9-17(22)13-24-18)25-19(26)11-12-23-20(27)15-5-7-16(8-6-15)21(2,3)4/h5-10,13-14H,11-12H2,1-4H3,(H,23,27)(H,25,26)/t14-/m1/s1. The maximum absolute atomic E-state index is 12.2. The van der Waals surface area contributed by atoms with Crippen LogP contribution in [0.3, 0.4) is 0 Å². The van der Waals surface area contributed by atoms with Crippen LogP contribution in [0.2, 0.25) is 5.02 Å². The Bertz CT molecular complexity index is 781. The van der Waals surface area contributed by atoms with Gasteiger partial charge in [0.05, 0.1) is 16.8 Å². The number of hydrogen-bond acceptors (Lipinski definition) is 3. The number of nitrogens with one attached hydrogen (secondary N) is 2. The van der Waals surface area contributed by atoms with E-state index in [1.165, 1.54) is 5.56 Å². The van der Waals surface area contributed by atoms with Gasteiger partial charge in [0.1, 0.15) is 0 Å². The number of pyridine rings is 1. The van der Waals surface area contributed by atoms with Crippen LogP contribution in [0.4, 0.5) is 0 Å². The predicted octanol–water partition coefficient (Wildman–Crippen LogP) is 4.03. The summed E-state index contributed by atoms with van der Waals surface area (Å²) >= 11 is 5.81. The molecule has 2 amide bonds. The predicted molar refractivity (Wildman–Crippen MR) is 108 cm³/mol. The largest absolute Gasteiger partial charge is 0.352 e. The van der Waals surface area contributed by atoms with Crippen molar-refractivity contribution >= 4 is 23.4 Å². The second kappa shape index (κ2) is 9.00. The number of carbonyl (C=O) groups excluding carboxylic acids is 2. The van der Waals surface area contributed by atoms with Crippen LogP contribution in [0, 0.1) is 0 Å². The first-order valence-electron chi connectivity index (χ1n) is 8.96. The van der Waals surface area contributed by atoms with Crippen molar-refractivity contribution in [3.05, 3.63) is 64.4 Å². The molecule has 144 valence electrons. The van der Waals surface area contributed by atoms with Crippen LogP contribution in [0.25, 0.3) is 0 Å². The van der Waals surface area contributed by atoms with Gasteiger partial charge in [0.2, 0.25) is 5.91 Å². The molecule has 0 saturated heterocycles. The van der Waals surface area contributed by atoms with Gasteiger partial charge in [-0.2, -0.15) is 0 Å². The molecule has 1 heterocycles. The van der Waals surface area contributed by atoms with Gasteiger partial charge in [-0.25, -0.2) is 0 Å². The summed E-state index contributed by atoms with van der Waals surface area (Å²) in [7, 11) is 0. The van der Waals surface area contributed by atoms with Gasteiger partial charge < -0.3 is 10.6 Å². The second-order valence-corrected chi connectivity index (χ2v) is 7.96. The van der Waals surface area contributed by atoms with E-state index in [0.717, 1.165) is 5.69 Å². The number of halogens is 1.